The van der Waals surface area contributed by atoms with Crippen molar-refractivity contribution in [3.63, 3.8) is 0 Å². The van der Waals surface area contributed by atoms with Crippen LogP contribution in [0.5, 0.6) is 0 Å². The number of ether oxygens (including phenoxy) is 1. The van der Waals surface area contributed by atoms with Crippen molar-refractivity contribution in [3.8, 4) is 0 Å². The van der Waals surface area contributed by atoms with Crippen molar-refractivity contribution in [1.29, 1.82) is 0 Å². The molecule has 3 nitrogen and oxygen atoms in total. The Balaban J connectivity index is 1.97. The molecule has 1 unspecified atom stereocenters. The van der Waals surface area contributed by atoms with E-state index in [0.29, 0.717) is 6.54 Å². The molecule has 1 aromatic rings. The van der Waals surface area contributed by atoms with Gasteiger partial charge < -0.3 is 10.5 Å². The molecule has 1 atom stereocenters. The fourth-order valence-corrected chi connectivity index (χ4v) is 2.10. The maximum absolute atomic E-state index is 5.64. The van der Waals surface area contributed by atoms with Crippen molar-refractivity contribution in [1.82, 2.24) is 4.90 Å². The van der Waals surface area contributed by atoms with E-state index in [2.05, 4.69) is 36.1 Å². The zero-order chi connectivity index (χ0) is 11.4. The average molecular weight is 220 g/mol. The van der Waals surface area contributed by atoms with E-state index < -0.39 is 0 Å². The molecule has 1 fully saturated rings. The molecule has 1 aliphatic heterocycles. The third-order valence-electron chi connectivity index (χ3n) is 3.14. The lowest BCUT2D eigenvalue weighted by atomic mass is 10.1. The molecule has 1 heterocycles. The summed E-state index contributed by atoms with van der Waals surface area (Å²) in [4.78, 5) is 2.42. The zero-order valence-electron chi connectivity index (χ0n) is 9.86. The van der Waals surface area contributed by atoms with Crippen molar-refractivity contribution >= 4 is 0 Å². The molecular weight excluding hydrogens is 200 g/mol. The molecule has 0 amide bonds. The van der Waals surface area contributed by atoms with Crippen LogP contribution in [0.15, 0.2) is 24.3 Å². The van der Waals surface area contributed by atoms with Crippen molar-refractivity contribution in [2.24, 2.45) is 5.73 Å². The van der Waals surface area contributed by atoms with Crippen LogP contribution in [0.25, 0.3) is 0 Å². The van der Waals surface area contributed by atoms with Gasteiger partial charge in [-0.15, -0.1) is 0 Å². The van der Waals surface area contributed by atoms with E-state index in [-0.39, 0.29) is 6.10 Å². The van der Waals surface area contributed by atoms with E-state index in [9.17, 15) is 0 Å². The van der Waals surface area contributed by atoms with Crippen LogP contribution in [-0.4, -0.2) is 37.2 Å². The van der Waals surface area contributed by atoms with Crippen LogP contribution in [0.3, 0.4) is 0 Å². The first-order chi connectivity index (χ1) is 7.79. The summed E-state index contributed by atoms with van der Waals surface area (Å²) in [7, 11) is 0. The summed E-state index contributed by atoms with van der Waals surface area (Å²) in [6.45, 7) is 6.54. The van der Waals surface area contributed by atoms with Gasteiger partial charge in [-0.3, -0.25) is 4.90 Å². The summed E-state index contributed by atoms with van der Waals surface area (Å²) >= 11 is 0. The van der Waals surface area contributed by atoms with Crippen LogP contribution < -0.4 is 5.73 Å². The molecule has 16 heavy (non-hydrogen) atoms. The van der Waals surface area contributed by atoms with Gasteiger partial charge in [0.2, 0.25) is 0 Å². The second kappa shape index (κ2) is 5.43. The first kappa shape index (κ1) is 11.6. The van der Waals surface area contributed by atoms with E-state index in [1.54, 1.807) is 0 Å². The Labute approximate surface area is 97.2 Å². The smallest absolute Gasteiger partial charge is 0.0824 e. The molecule has 0 bridgehead atoms. The first-order valence-electron chi connectivity index (χ1n) is 5.88. The predicted molar refractivity (Wildman–Crippen MR) is 65.3 cm³/mol. The Hall–Kier alpha value is -0.900. The lowest BCUT2D eigenvalue weighted by Gasteiger charge is -2.32. The Morgan fingerprint density at radius 1 is 1.44 bits per heavy atom. The second-order valence-corrected chi connectivity index (χ2v) is 4.39. The van der Waals surface area contributed by atoms with Crippen molar-refractivity contribution in [2.45, 2.75) is 19.6 Å². The van der Waals surface area contributed by atoms with Gasteiger partial charge in [-0.1, -0.05) is 24.3 Å². The standard InChI is InChI=1S/C13H20N2O/c1-11-4-2-3-5-12(11)9-15-6-7-16-13(8-14)10-15/h2-5,13H,6-10,14H2,1H3. The minimum Gasteiger partial charge on any atom is -0.374 e. The highest BCUT2D eigenvalue weighted by atomic mass is 16.5. The summed E-state index contributed by atoms with van der Waals surface area (Å²) in [6, 6.07) is 8.54. The molecule has 0 aliphatic carbocycles. The topological polar surface area (TPSA) is 38.5 Å². The van der Waals surface area contributed by atoms with Crippen LogP contribution in [0.1, 0.15) is 11.1 Å². The molecule has 1 aromatic carbocycles. The highest BCUT2D eigenvalue weighted by Crippen LogP contribution is 2.13. The molecule has 1 aliphatic rings. The van der Waals surface area contributed by atoms with Gasteiger partial charge in [-0.2, -0.15) is 0 Å². The fourth-order valence-electron chi connectivity index (χ4n) is 2.10. The van der Waals surface area contributed by atoms with Crippen molar-refractivity contribution < 1.29 is 4.74 Å². The summed E-state index contributed by atoms with van der Waals surface area (Å²) in [5.74, 6) is 0. The number of morpholine rings is 1. The van der Waals surface area contributed by atoms with Gasteiger partial charge in [-0.05, 0) is 18.1 Å². The Kier molecular flexibility index (Phi) is 3.93. The van der Waals surface area contributed by atoms with Gasteiger partial charge in [0, 0.05) is 26.2 Å². The SMILES string of the molecule is Cc1ccccc1CN1CCOC(CN)C1. The quantitative estimate of drug-likeness (QED) is 0.830. The highest BCUT2D eigenvalue weighted by molar-refractivity contribution is 5.25. The molecule has 2 N–H and O–H groups in total. The third kappa shape index (κ3) is 2.82. The largest absolute Gasteiger partial charge is 0.374 e. The van der Waals surface area contributed by atoms with Crippen molar-refractivity contribution in [3.05, 3.63) is 35.4 Å². The third-order valence-corrected chi connectivity index (χ3v) is 3.14. The highest BCUT2D eigenvalue weighted by Gasteiger charge is 2.19. The number of nitrogens with two attached hydrogens (primary N) is 1. The van der Waals surface area contributed by atoms with Crippen LogP contribution in [-0.2, 0) is 11.3 Å². The van der Waals surface area contributed by atoms with E-state index >= 15 is 0 Å². The van der Waals surface area contributed by atoms with Crippen LogP contribution in [0.4, 0.5) is 0 Å². The van der Waals surface area contributed by atoms with Gasteiger partial charge >= 0.3 is 0 Å². The minimum atomic E-state index is 0.206. The second-order valence-electron chi connectivity index (χ2n) is 4.39. The first-order valence-corrected chi connectivity index (χ1v) is 5.88. The molecule has 0 saturated carbocycles. The summed E-state index contributed by atoms with van der Waals surface area (Å²) < 4.78 is 5.56. The van der Waals surface area contributed by atoms with Crippen LogP contribution >= 0.6 is 0 Å². The van der Waals surface area contributed by atoms with Gasteiger partial charge in [-0.25, -0.2) is 0 Å². The molecule has 1 saturated heterocycles. The van der Waals surface area contributed by atoms with Gasteiger partial charge in [0.15, 0.2) is 0 Å². The molecule has 3 heteroatoms. The summed E-state index contributed by atoms with van der Waals surface area (Å²) in [5, 5.41) is 0. The van der Waals surface area contributed by atoms with Gasteiger partial charge in [0.05, 0.1) is 12.7 Å². The molecule has 0 spiro atoms. The number of rotatable bonds is 3. The monoisotopic (exact) mass is 220 g/mol. The summed E-state index contributed by atoms with van der Waals surface area (Å²) in [6.07, 6.45) is 0.206. The number of benzene rings is 1. The number of aryl methyl sites for hydroxylation is 1. The van der Waals surface area contributed by atoms with Gasteiger partial charge in [0.1, 0.15) is 0 Å². The lowest BCUT2D eigenvalue weighted by Crippen LogP contribution is -2.45. The average Bonchev–Trinajstić information content (AvgIpc) is 2.32. The van der Waals surface area contributed by atoms with Crippen LogP contribution in [0, 0.1) is 6.92 Å². The normalized spacial score (nSPS) is 22.2. The zero-order valence-corrected chi connectivity index (χ0v) is 9.86. The number of hydrogen-bond donors (Lipinski definition) is 1. The molecule has 0 aromatic heterocycles. The summed E-state index contributed by atoms with van der Waals surface area (Å²) in [5.41, 5.74) is 8.40. The predicted octanol–water partition coefficient (Wildman–Crippen LogP) is 1.15. The maximum atomic E-state index is 5.64. The van der Waals surface area contributed by atoms with Crippen LogP contribution in [0.2, 0.25) is 0 Å². The number of hydrogen-bond acceptors (Lipinski definition) is 3. The fraction of sp³-hybridized carbons (Fsp3) is 0.538. The maximum Gasteiger partial charge on any atom is 0.0824 e. The van der Waals surface area contributed by atoms with E-state index in [1.165, 1.54) is 11.1 Å². The molecule has 0 radical (unpaired) electrons. The van der Waals surface area contributed by atoms with Crippen molar-refractivity contribution in [2.75, 3.05) is 26.2 Å². The Morgan fingerprint density at radius 2 is 2.25 bits per heavy atom. The van der Waals surface area contributed by atoms with E-state index in [1.807, 2.05) is 0 Å². The Morgan fingerprint density at radius 3 is 3.00 bits per heavy atom. The van der Waals surface area contributed by atoms with E-state index in [4.69, 9.17) is 10.5 Å². The van der Waals surface area contributed by atoms with E-state index in [0.717, 1.165) is 26.2 Å². The molecule has 88 valence electrons. The molecular formula is C13H20N2O. The lowest BCUT2D eigenvalue weighted by molar-refractivity contribution is -0.0261. The Bertz CT molecular complexity index is 340. The van der Waals surface area contributed by atoms with Gasteiger partial charge in [0.25, 0.3) is 0 Å². The minimum absolute atomic E-state index is 0.206. The number of nitrogens with zero attached hydrogens (tertiary/aromatic N) is 1. The molecule has 2 rings (SSSR count).